The number of amides is 1. The molecule has 0 saturated heterocycles. The molecule has 0 unspecified atom stereocenters. The second kappa shape index (κ2) is 8.05. The van der Waals surface area contributed by atoms with E-state index in [1.54, 1.807) is 29.6 Å². The van der Waals surface area contributed by atoms with Gasteiger partial charge in [-0.2, -0.15) is 0 Å². The van der Waals surface area contributed by atoms with Crippen molar-refractivity contribution in [3.05, 3.63) is 64.0 Å². The molecule has 0 bridgehead atoms. The van der Waals surface area contributed by atoms with E-state index in [0.717, 1.165) is 5.56 Å². The lowest BCUT2D eigenvalue weighted by atomic mass is 10.2. The molecule has 0 atom stereocenters. The summed E-state index contributed by atoms with van der Waals surface area (Å²) < 4.78 is 5.00. The molecule has 1 aromatic heterocycles. The predicted molar refractivity (Wildman–Crippen MR) is 87.8 cm³/mol. The molecule has 118 valence electrons. The molecule has 1 N–H and O–H groups in total. The zero-order valence-corrected chi connectivity index (χ0v) is 13.3. The van der Waals surface area contributed by atoms with Gasteiger partial charge in [-0.3, -0.25) is 9.59 Å². The van der Waals surface area contributed by atoms with E-state index in [-0.39, 0.29) is 18.1 Å². The van der Waals surface area contributed by atoms with Gasteiger partial charge in [0.25, 0.3) is 0 Å². The van der Waals surface area contributed by atoms with Gasteiger partial charge < -0.3 is 10.1 Å². The van der Waals surface area contributed by atoms with Gasteiger partial charge in [-0.25, -0.2) is 4.79 Å². The summed E-state index contributed by atoms with van der Waals surface area (Å²) in [7, 11) is 0. The van der Waals surface area contributed by atoms with Gasteiger partial charge in [0.05, 0.1) is 4.88 Å². The molecule has 0 saturated carbocycles. The third-order valence-electron chi connectivity index (χ3n) is 2.77. The molecule has 0 aliphatic rings. The molecule has 2 aromatic rings. The minimum Gasteiger partial charge on any atom is -0.453 e. The first-order valence-corrected chi connectivity index (χ1v) is 7.72. The molecule has 0 aliphatic carbocycles. The Labute approximate surface area is 137 Å². The third-order valence-corrected chi connectivity index (χ3v) is 3.68. The highest BCUT2D eigenvalue weighted by molar-refractivity contribution is 7.12. The van der Waals surface area contributed by atoms with Gasteiger partial charge in [-0.05, 0) is 23.1 Å². The van der Waals surface area contributed by atoms with Gasteiger partial charge in [-0.15, -0.1) is 11.3 Å². The summed E-state index contributed by atoms with van der Waals surface area (Å²) in [6, 6.07) is 12.4. The number of hydrogen-bond acceptors (Lipinski definition) is 5. The molecule has 1 heterocycles. The zero-order valence-electron chi connectivity index (χ0n) is 12.4. The summed E-state index contributed by atoms with van der Waals surface area (Å²) in [5.74, 6) is -1.43. The Morgan fingerprint density at radius 3 is 2.48 bits per heavy atom. The number of esters is 1. The molecule has 0 spiro atoms. The molecule has 1 amide bonds. The number of benzene rings is 1. The number of carbonyl (C=O) groups is 3. The lowest BCUT2D eigenvalue weighted by Crippen LogP contribution is -2.27. The van der Waals surface area contributed by atoms with E-state index < -0.39 is 11.9 Å². The quantitative estimate of drug-likeness (QED) is 0.502. The normalized spacial score (nSPS) is 10.9. The average molecular weight is 329 g/mol. The molecule has 1 aromatic carbocycles. The van der Waals surface area contributed by atoms with E-state index in [9.17, 15) is 14.4 Å². The summed E-state index contributed by atoms with van der Waals surface area (Å²) in [5.41, 5.74) is 0.723. The second-order valence-corrected chi connectivity index (χ2v) is 5.57. The van der Waals surface area contributed by atoms with E-state index >= 15 is 0 Å². The molecule has 5 nitrogen and oxygen atoms in total. The van der Waals surface area contributed by atoms with Crippen LogP contribution < -0.4 is 5.32 Å². The van der Waals surface area contributed by atoms with Crippen molar-refractivity contribution in [2.45, 2.75) is 6.92 Å². The molecule has 2 rings (SSSR count). The van der Waals surface area contributed by atoms with Gasteiger partial charge in [-0.1, -0.05) is 36.4 Å². The van der Waals surface area contributed by atoms with Crippen LogP contribution >= 0.6 is 11.3 Å². The zero-order chi connectivity index (χ0) is 16.7. The lowest BCUT2D eigenvalue weighted by Gasteiger charge is -2.08. The molecule has 6 heteroatoms. The first kappa shape index (κ1) is 16.6. The maximum Gasteiger partial charge on any atom is 0.355 e. The second-order valence-electron chi connectivity index (χ2n) is 4.63. The number of Topliss-reactive ketones (excluding diaryl/α,β-unsaturated/α-hetero) is 1. The van der Waals surface area contributed by atoms with Crippen LogP contribution in [-0.2, 0) is 14.3 Å². The van der Waals surface area contributed by atoms with Gasteiger partial charge in [0, 0.05) is 6.92 Å². The standard InChI is InChI=1S/C17H15NO4S/c1-12(19)18-14(10-13-6-3-2-4-7-13)17(21)22-11-15(20)16-8-5-9-23-16/h2-10H,11H2,1H3,(H,18,19)/b14-10-. The summed E-state index contributed by atoms with van der Waals surface area (Å²) in [5, 5.41) is 4.20. The van der Waals surface area contributed by atoms with Crippen molar-refractivity contribution in [1.29, 1.82) is 0 Å². The Kier molecular flexibility index (Phi) is 5.82. The summed E-state index contributed by atoms with van der Waals surface area (Å²) >= 11 is 1.28. The SMILES string of the molecule is CC(=O)N/C(=C\c1ccccc1)C(=O)OCC(=O)c1cccs1. The van der Waals surface area contributed by atoms with Crippen molar-refractivity contribution in [3.8, 4) is 0 Å². The Hall–Kier alpha value is -2.73. The third kappa shape index (κ3) is 5.19. The summed E-state index contributed by atoms with van der Waals surface area (Å²) in [6.07, 6.45) is 1.50. The number of nitrogens with one attached hydrogen (secondary N) is 1. The lowest BCUT2D eigenvalue weighted by molar-refractivity contribution is -0.139. The molecule has 0 fully saturated rings. The Morgan fingerprint density at radius 2 is 1.87 bits per heavy atom. The van der Waals surface area contributed by atoms with Crippen LogP contribution in [0.25, 0.3) is 6.08 Å². The van der Waals surface area contributed by atoms with Gasteiger partial charge >= 0.3 is 5.97 Å². The fourth-order valence-electron chi connectivity index (χ4n) is 1.77. The predicted octanol–water partition coefficient (Wildman–Crippen LogP) is 2.65. The van der Waals surface area contributed by atoms with Crippen LogP contribution in [0.1, 0.15) is 22.2 Å². The van der Waals surface area contributed by atoms with Crippen LogP contribution in [0.2, 0.25) is 0 Å². The van der Waals surface area contributed by atoms with Crippen molar-refractivity contribution in [3.63, 3.8) is 0 Å². The number of ether oxygens (including phenoxy) is 1. The molecule has 23 heavy (non-hydrogen) atoms. The van der Waals surface area contributed by atoms with Crippen LogP contribution in [0.5, 0.6) is 0 Å². The maximum atomic E-state index is 12.1. The van der Waals surface area contributed by atoms with E-state index in [4.69, 9.17) is 4.74 Å². The van der Waals surface area contributed by atoms with Gasteiger partial charge in [0.2, 0.25) is 11.7 Å². The van der Waals surface area contributed by atoms with Crippen molar-refractivity contribution >= 4 is 35.1 Å². The minimum atomic E-state index is -0.756. The smallest absolute Gasteiger partial charge is 0.355 e. The van der Waals surface area contributed by atoms with Crippen LogP contribution in [0.4, 0.5) is 0 Å². The van der Waals surface area contributed by atoms with Crippen LogP contribution in [-0.4, -0.2) is 24.3 Å². The van der Waals surface area contributed by atoms with E-state index in [2.05, 4.69) is 5.32 Å². The monoisotopic (exact) mass is 329 g/mol. The highest BCUT2D eigenvalue weighted by atomic mass is 32.1. The fraction of sp³-hybridized carbons (Fsp3) is 0.118. The van der Waals surface area contributed by atoms with Crippen LogP contribution in [0, 0.1) is 0 Å². The summed E-state index contributed by atoms with van der Waals surface area (Å²) in [6.45, 7) is 0.925. The Bertz CT molecular complexity index is 720. The van der Waals surface area contributed by atoms with Gasteiger partial charge in [0.1, 0.15) is 5.70 Å². The largest absolute Gasteiger partial charge is 0.453 e. The highest BCUT2D eigenvalue weighted by Gasteiger charge is 2.16. The van der Waals surface area contributed by atoms with Crippen LogP contribution in [0.3, 0.4) is 0 Å². The molecule has 0 aliphatic heterocycles. The van der Waals surface area contributed by atoms with Crippen molar-refractivity contribution < 1.29 is 19.1 Å². The Morgan fingerprint density at radius 1 is 1.13 bits per heavy atom. The summed E-state index contributed by atoms with van der Waals surface area (Å²) in [4.78, 5) is 35.7. The topological polar surface area (TPSA) is 72.5 Å². The Balaban J connectivity index is 2.06. The van der Waals surface area contributed by atoms with E-state index in [1.165, 1.54) is 24.3 Å². The van der Waals surface area contributed by atoms with E-state index in [1.807, 2.05) is 18.2 Å². The first-order chi connectivity index (χ1) is 11.1. The van der Waals surface area contributed by atoms with Crippen molar-refractivity contribution in [2.75, 3.05) is 6.61 Å². The number of ketones is 1. The first-order valence-electron chi connectivity index (χ1n) is 6.84. The highest BCUT2D eigenvalue weighted by Crippen LogP contribution is 2.10. The van der Waals surface area contributed by atoms with Gasteiger partial charge in [0.15, 0.2) is 6.61 Å². The number of thiophene rings is 1. The molecule has 0 radical (unpaired) electrons. The van der Waals surface area contributed by atoms with Crippen molar-refractivity contribution in [2.24, 2.45) is 0 Å². The average Bonchev–Trinajstić information content (AvgIpc) is 3.06. The van der Waals surface area contributed by atoms with Crippen molar-refractivity contribution in [1.82, 2.24) is 5.32 Å². The van der Waals surface area contributed by atoms with Crippen LogP contribution in [0.15, 0.2) is 53.5 Å². The number of rotatable bonds is 6. The van der Waals surface area contributed by atoms with E-state index in [0.29, 0.717) is 4.88 Å². The minimum absolute atomic E-state index is 0.0114. The fourth-order valence-corrected chi connectivity index (χ4v) is 2.42. The number of hydrogen-bond donors (Lipinski definition) is 1. The molecular formula is C17H15NO4S. The molecular weight excluding hydrogens is 314 g/mol. The number of carbonyl (C=O) groups excluding carboxylic acids is 3. The maximum absolute atomic E-state index is 12.1.